The number of hydrogen-bond acceptors (Lipinski definition) is 3. The molecule has 0 aliphatic heterocycles. The Balaban J connectivity index is 2.08. The van der Waals surface area contributed by atoms with Crippen LogP contribution < -0.4 is 14.8 Å². The molecule has 0 unspecified atom stereocenters. The summed E-state index contributed by atoms with van der Waals surface area (Å²) in [6.07, 6.45) is 0. The smallest absolute Gasteiger partial charge is 0.262 e. The number of anilines is 1. The molecule has 0 atom stereocenters. The highest BCUT2D eigenvalue weighted by molar-refractivity contribution is 5.93. The molecule has 0 heterocycles. The standard InChI is InChI=1S/C19H23NO3/c1-12-10-13(2)15(4)19(14(12)3)23-11-18(21)20-16-8-6-7-9-17(16)22-5/h6-10H,11H2,1-5H3,(H,20,21). The van der Waals surface area contributed by atoms with Gasteiger partial charge in [0.2, 0.25) is 0 Å². The van der Waals surface area contributed by atoms with Crippen molar-refractivity contribution >= 4 is 11.6 Å². The second kappa shape index (κ2) is 7.18. The van der Waals surface area contributed by atoms with Gasteiger partial charge in [-0.25, -0.2) is 0 Å². The van der Waals surface area contributed by atoms with Crippen LogP contribution in [0.2, 0.25) is 0 Å². The summed E-state index contributed by atoms with van der Waals surface area (Å²) in [5.41, 5.74) is 5.09. The summed E-state index contributed by atoms with van der Waals surface area (Å²) in [7, 11) is 1.57. The number of carbonyl (C=O) groups is 1. The molecule has 0 aliphatic rings. The van der Waals surface area contributed by atoms with E-state index in [1.807, 2.05) is 39.8 Å². The molecule has 2 aromatic rings. The van der Waals surface area contributed by atoms with Crippen LogP contribution in [0.4, 0.5) is 5.69 Å². The van der Waals surface area contributed by atoms with Crippen molar-refractivity contribution in [3.63, 3.8) is 0 Å². The topological polar surface area (TPSA) is 47.6 Å². The lowest BCUT2D eigenvalue weighted by Crippen LogP contribution is -2.21. The number of hydrogen-bond donors (Lipinski definition) is 1. The molecule has 122 valence electrons. The molecule has 0 aliphatic carbocycles. The Morgan fingerprint density at radius 1 is 1.04 bits per heavy atom. The number of benzene rings is 2. The first-order valence-corrected chi connectivity index (χ1v) is 7.57. The highest BCUT2D eigenvalue weighted by atomic mass is 16.5. The van der Waals surface area contributed by atoms with Gasteiger partial charge in [0.25, 0.3) is 5.91 Å². The lowest BCUT2D eigenvalue weighted by atomic mass is 10.0. The Kier molecular flexibility index (Phi) is 5.27. The van der Waals surface area contributed by atoms with E-state index in [9.17, 15) is 4.79 Å². The Labute approximate surface area is 137 Å². The molecule has 4 nitrogen and oxygen atoms in total. The Hall–Kier alpha value is -2.49. The number of amides is 1. The minimum atomic E-state index is -0.215. The van der Waals surface area contributed by atoms with Gasteiger partial charge in [0.1, 0.15) is 11.5 Å². The molecule has 4 heteroatoms. The SMILES string of the molecule is COc1ccccc1NC(=O)COc1c(C)c(C)cc(C)c1C. The van der Waals surface area contributed by atoms with Gasteiger partial charge >= 0.3 is 0 Å². The first-order chi connectivity index (χ1) is 10.9. The maximum atomic E-state index is 12.2. The third kappa shape index (κ3) is 3.83. The molecule has 0 fully saturated rings. The van der Waals surface area contributed by atoms with Gasteiger partial charge in [-0.2, -0.15) is 0 Å². The summed E-state index contributed by atoms with van der Waals surface area (Å²) >= 11 is 0. The number of nitrogens with one attached hydrogen (secondary N) is 1. The quantitative estimate of drug-likeness (QED) is 0.909. The van der Waals surface area contributed by atoms with Crippen LogP contribution in [0.3, 0.4) is 0 Å². The maximum Gasteiger partial charge on any atom is 0.262 e. The Bertz CT molecular complexity index is 697. The minimum absolute atomic E-state index is 0.0391. The van der Waals surface area contributed by atoms with Crippen LogP contribution in [0.1, 0.15) is 22.3 Å². The molecule has 1 N–H and O–H groups in total. The van der Waals surface area contributed by atoms with Gasteiger partial charge in [0.05, 0.1) is 12.8 Å². The lowest BCUT2D eigenvalue weighted by Gasteiger charge is -2.16. The number of methoxy groups -OCH3 is 1. The molecule has 2 rings (SSSR count). The fourth-order valence-electron chi connectivity index (χ4n) is 2.47. The number of carbonyl (C=O) groups excluding carboxylic acids is 1. The summed E-state index contributed by atoms with van der Waals surface area (Å²) in [5, 5.41) is 2.81. The zero-order chi connectivity index (χ0) is 17.0. The van der Waals surface area contributed by atoms with Crippen LogP contribution in [0, 0.1) is 27.7 Å². The molecule has 0 radical (unpaired) electrons. The molecular formula is C19H23NO3. The summed E-state index contributed by atoms with van der Waals surface area (Å²) < 4.78 is 11.0. The van der Waals surface area contributed by atoms with Crippen LogP contribution in [0.5, 0.6) is 11.5 Å². The zero-order valence-electron chi connectivity index (χ0n) is 14.3. The summed E-state index contributed by atoms with van der Waals surface area (Å²) in [6, 6.07) is 9.43. The van der Waals surface area contributed by atoms with Gasteiger partial charge in [-0.15, -0.1) is 0 Å². The highest BCUT2D eigenvalue weighted by Gasteiger charge is 2.12. The van der Waals surface area contributed by atoms with Gasteiger partial charge < -0.3 is 14.8 Å². The maximum absolute atomic E-state index is 12.2. The first kappa shape index (κ1) is 16.9. The van der Waals surface area contributed by atoms with Gasteiger partial charge in [0.15, 0.2) is 6.61 Å². The fourth-order valence-corrected chi connectivity index (χ4v) is 2.47. The molecule has 0 aromatic heterocycles. The largest absolute Gasteiger partial charge is 0.495 e. The first-order valence-electron chi connectivity index (χ1n) is 7.57. The van der Waals surface area contributed by atoms with Crippen molar-refractivity contribution < 1.29 is 14.3 Å². The molecule has 2 aromatic carbocycles. The van der Waals surface area contributed by atoms with Crippen molar-refractivity contribution in [2.75, 3.05) is 19.0 Å². The van der Waals surface area contributed by atoms with Crippen molar-refractivity contribution in [1.29, 1.82) is 0 Å². The van der Waals surface area contributed by atoms with Gasteiger partial charge in [0, 0.05) is 0 Å². The molecule has 1 amide bonds. The summed E-state index contributed by atoms with van der Waals surface area (Å²) in [4.78, 5) is 12.2. The van der Waals surface area contributed by atoms with E-state index in [2.05, 4.69) is 11.4 Å². The average molecular weight is 313 g/mol. The predicted molar refractivity (Wildman–Crippen MR) is 92.5 cm³/mol. The second-order valence-electron chi connectivity index (χ2n) is 5.63. The van der Waals surface area contributed by atoms with Crippen molar-refractivity contribution in [3.8, 4) is 11.5 Å². The highest BCUT2D eigenvalue weighted by Crippen LogP contribution is 2.29. The van der Waals surface area contributed by atoms with E-state index in [0.29, 0.717) is 11.4 Å². The zero-order valence-corrected chi connectivity index (χ0v) is 14.3. The van der Waals surface area contributed by atoms with Crippen LogP contribution >= 0.6 is 0 Å². The number of ether oxygens (including phenoxy) is 2. The van der Waals surface area contributed by atoms with E-state index in [-0.39, 0.29) is 12.5 Å². The lowest BCUT2D eigenvalue weighted by molar-refractivity contribution is -0.118. The summed E-state index contributed by atoms with van der Waals surface area (Å²) in [6.45, 7) is 8.07. The number of rotatable bonds is 5. The molecular weight excluding hydrogens is 290 g/mol. The summed E-state index contributed by atoms with van der Waals surface area (Å²) in [5.74, 6) is 1.20. The Morgan fingerprint density at radius 3 is 2.26 bits per heavy atom. The van der Waals surface area contributed by atoms with Gasteiger partial charge in [-0.1, -0.05) is 18.2 Å². The van der Waals surface area contributed by atoms with E-state index < -0.39 is 0 Å². The van der Waals surface area contributed by atoms with Crippen LogP contribution in [0.25, 0.3) is 0 Å². The molecule has 0 bridgehead atoms. The molecule has 0 saturated carbocycles. The average Bonchev–Trinajstić information content (AvgIpc) is 2.53. The molecule has 0 saturated heterocycles. The normalized spacial score (nSPS) is 10.3. The third-order valence-electron chi connectivity index (χ3n) is 4.03. The van der Waals surface area contributed by atoms with Gasteiger partial charge in [-0.3, -0.25) is 4.79 Å². The van der Waals surface area contributed by atoms with Crippen LogP contribution in [-0.2, 0) is 4.79 Å². The minimum Gasteiger partial charge on any atom is -0.495 e. The van der Waals surface area contributed by atoms with Crippen molar-refractivity contribution in [2.24, 2.45) is 0 Å². The third-order valence-corrected chi connectivity index (χ3v) is 4.03. The number of aryl methyl sites for hydroxylation is 2. The second-order valence-corrected chi connectivity index (χ2v) is 5.63. The van der Waals surface area contributed by atoms with Crippen molar-refractivity contribution in [1.82, 2.24) is 0 Å². The predicted octanol–water partition coefficient (Wildman–Crippen LogP) is 3.95. The van der Waals surface area contributed by atoms with E-state index in [1.165, 1.54) is 0 Å². The molecule has 23 heavy (non-hydrogen) atoms. The van der Waals surface area contributed by atoms with Crippen LogP contribution in [0.15, 0.2) is 30.3 Å². The Morgan fingerprint density at radius 2 is 1.65 bits per heavy atom. The van der Waals surface area contributed by atoms with Crippen LogP contribution in [-0.4, -0.2) is 19.6 Å². The van der Waals surface area contributed by atoms with Crippen molar-refractivity contribution in [3.05, 3.63) is 52.6 Å². The van der Waals surface area contributed by atoms with Gasteiger partial charge in [-0.05, 0) is 62.1 Å². The monoisotopic (exact) mass is 313 g/mol. The van der Waals surface area contributed by atoms with E-state index >= 15 is 0 Å². The molecule has 0 spiro atoms. The van der Waals surface area contributed by atoms with E-state index in [4.69, 9.17) is 9.47 Å². The van der Waals surface area contributed by atoms with Crippen molar-refractivity contribution in [2.45, 2.75) is 27.7 Å². The van der Waals surface area contributed by atoms with E-state index in [1.54, 1.807) is 19.2 Å². The van der Waals surface area contributed by atoms with E-state index in [0.717, 1.165) is 28.0 Å². The fraction of sp³-hybridized carbons (Fsp3) is 0.316. The number of para-hydroxylation sites is 2.